The lowest BCUT2D eigenvalue weighted by atomic mass is 10.5. The van der Waals surface area contributed by atoms with Gasteiger partial charge in [-0.15, -0.1) is 0 Å². The third-order valence-corrected chi connectivity index (χ3v) is 0.855. The molecule has 0 rings (SSSR count). The SMILES string of the molecule is CC(C)=N/C(I)=N\O. The second-order valence-corrected chi connectivity index (χ2v) is 2.39. The Bertz CT molecular complexity index is 126. The Morgan fingerprint density at radius 1 is 1.50 bits per heavy atom. The first-order chi connectivity index (χ1) is 3.66. The smallest absolute Gasteiger partial charge is 0.228 e. The molecule has 0 saturated heterocycles. The molecule has 0 saturated carbocycles. The lowest BCUT2D eigenvalue weighted by molar-refractivity contribution is 0.320. The summed E-state index contributed by atoms with van der Waals surface area (Å²) < 4.78 is 0.364. The summed E-state index contributed by atoms with van der Waals surface area (Å²) in [5.41, 5.74) is 0.882. The van der Waals surface area contributed by atoms with Crippen LogP contribution in [0.5, 0.6) is 0 Å². The van der Waals surface area contributed by atoms with Crippen molar-refractivity contribution in [3.05, 3.63) is 0 Å². The van der Waals surface area contributed by atoms with Crippen LogP contribution in [0.4, 0.5) is 0 Å². The predicted octanol–water partition coefficient (Wildman–Crippen LogP) is 1.65. The van der Waals surface area contributed by atoms with Gasteiger partial charge in [0.25, 0.3) is 0 Å². The first kappa shape index (κ1) is 7.87. The highest BCUT2D eigenvalue weighted by Crippen LogP contribution is 1.91. The van der Waals surface area contributed by atoms with Gasteiger partial charge in [0.1, 0.15) is 0 Å². The van der Waals surface area contributed by atoms with Crippen LogP contribution in [0.15, 0.2) is 10.1 Å². The van der Waals surface area contributed by atoms with Crippen LogP contribution in [0.25, 0.3) is 0 Å². The molecule has 3 nitrogen and oxygen atoms in total. The molecule has 0 atom stereocenters. The molecule has 0 spiro atoms. The molecule has 0 aromatic rings. The number of nitrogens with zero attached hydrogens (tertiary/aromatic N) is 2. The second-order valence-electron chi connectivity index (χ2n) is 1.43. The molecule has 1 N–H and O–H groups in total. The van der Waals surface area contributed by atoms with Gasteiger partial charge in [-0.3, -0.25) is 0 Å². The van der Waals surface area contributed by atoms with E-state index in [4.69, 9.17) is 5.21 Å². The predicted molar refractivity (Wildman–Crippen MR) is 42.0 cm³/mol. The summed E-state index contributed by atoms with van der Waals surface area (Å²) in [6.07, 6.45) is 0. The van der Waals surface area contributed by atoms with E-state index in [1.807, 2.05) is 36.4 Å². The van der Waals surface area contributed by atoms with E-state index in [9.17, 15) is 0 Å². The Morgan fingerprint density at radius 2 is 2.00 bits per heavy atom. The summed E-state index contributed by atoms with van der Waals surface area (Å²) in [6, 6.07) is 0. The first-order valence-electron chi connectivity index (χ1n) is 2.06. The van der Waals surface area contributed by atoms with Crippen LogP contribution in [0.2, 0.25) is 0 Å². The molecule has 0 unspecified atom stereocenters. The van der Waals surface area contributed by atoms with Crippen LogP contribution in [-0.2, 0) is 0 Å². The molecule has 46 valence electrons. The van der Waals surface area contributed by atoms with Crippen molar-refractivity contribution in [3.63, 3.8) is 0 Å². The minimum atomic E-state index is 0.364. The van der Waals surface area contributed by atoms with Crippen LogP contribution in [-0.4, -0.2) is 14.8 Å². The molecule has 0 bridgehead atoms. The van der Waals surface area contributed by atoms with Gasteiger partial charge in [0, 0.05) is 28.3 Å². The highest BCUT2D eigenvalue weighted by molar-refractivity contribution is 14.1. The molecular formula is C4H7IN2O. The van der Waals surface area contributed by atoms with E-state index in [1.165, 1.54) is 0 Å². The third kappa shape index (κ3) is 4.04. The van der Waals surface area contributed by atoms with Crippen LogP contribution < -0.4 is 0 Å². The monoisotopic (exact) mass is 226 g/mol. The van der Waals surface area contributed by atoms with Crippen molar-refractivity contribution < 1.29 is 5.21 Å². The molecule has 0 aromatic carbocycles. The van der Waals surface area contributed by atoms with Gasteiger partial charge in [-0.05, 0) is 13.8 Å². The second kappa shape index (κ2) is 3.82. The number of oxime groups is 1. The van der Waals surface area contributed by atoms with Crippen molar-refractivity contribution in [2.75, 3.05) is 0 Å². The van der Waals surface area contributed by atoms with Gasteiger partial charge in [-0.25, -0.2) is 4.99 Å². The zero-order chi connectivity index (χ0) is 6.57. The van der Waals surface area contributed by atoms with Crippen molar-refractivity contribution in [3.8, 4) is 0 Å². The van der Waals surface area contributed by atoms with Crippen molar-refractivity contribution in [1.29, 1.82) is 0 Å². The molecule has 0 heterocycles. The van der Waals surface area contributed by atoms with E-state index in [0.29, 0.717) is 3.84 Å². The maximum atomic E-state index is 8.06. The summed E-state index contributed by atoms with van der Waals surface area (Å²) >= 11 is 1.83. The fourth-order valence-corrected chi connectivity index (χ4v) is 0.689. The lowest BCUT2D eigenvalue weighted by Crippen LogP contribution is -1.85. The number of aliphatic imine (C=N–C) groups is 1. The van der Waals surface area contributed by atoms with Crippen molar-refractivity contribution in [2.24, 2.45) is 10.1 Å². The molecule has 0 aliphatic heterocycles. The highest BCUT2D eigenvalue weighted by atomic mass is 127. The van der Waals surface area contributed by atoms with Gasteiger partial charge in [0.05, 0.1) is 0 Å². The van der Waals surface area contributed by atoms with Gasteiger partial charge >= 0.3 is 0 Å². The minimum Gasteiger partial charge on any atom is -0.409 e. The summed E-state index contributed by atoms with van der Waals surface area (Å²) in [6.45, 7) is 3.67. The van der Waals surface area contributed by atoms with Gasteiger partial charge in [-0.1, -0.05) is 5.16 Å². The fourth-order valence-electron chi connectivity index (χ4n) is 0.207. The first-order valence-corrected chi connectivity index (χ1v) is 3.14. The topological polar surface area (TPSA) is 45.0 Å². The Hall–Kier alpha value is -0.130. The van der Waals surface area contributed by atoms with Crippen molar-refractivity contribution in [2.45, 2.75) is 13.8 Å². The largest absolute Gasteiger partial charge is 0.409 e. The van der Waals surface area contributed by atoms with E-state index in [0.717, 1.165) is 5.71 Å². The van der Waals surface area contributed by atoms with Gasteiger partial charge in [-0.2, -0.15) is 0 Å². The van der Waals surface area contributed by atoms with Crippen molar-refractivity contribution in [1.82, 2.24) is 0 Å². The van der Waals surface area contributed by atoms with Crippen molar-refractivity contribution >= 4 is 32.1 Å². The fraction of sp³-hybridized carbons (Fsp3) is 0.500. The minimum absolute atomic E-state index is 0.364. The molecule has 0 aliphatic rings. The number of rotatable bonds is 0. The van der Waals surface area contributed by atoms with Gasteiger partial charge < -0.3 is 5.21 Å². The highest BCUT2D eigenvalue weighted by Gasteiger charge is 1.84. The Kier molecular flexibility index (Phi) is 3.76. The zero-order valence-corrected chi connectivity index (χ0v) is 6.88. The normalized spacial score (nSPS) is 11.1. The molecular weight excluding hydrogens is 219 g/mol. The Labute approximate surface area is 61.6 Å². The third-order valence-electron chi connectivity index (χ3n) is 0.398. The Balaban J connectivity index is 3.89. The average molecular weight is 226 g/mol. The van der Waals surface area contributed by atoms with Gasteiger partial charge in [0.2, 0.25) is 3.84 Å². The van der Waals surface area contributed by atoms with E-state index < -0.39 is 0 Å². The molecule has 0 radical (unpaired) electrons. The molecule has 8 heavy (non-hydrogen) atoms. The summed E-state index contributed by atoms with van der Waals surface area (Å²) in [5.74, 6) is 0. The number of hydrogen-bond donors (Lipinski definition) is 1. The molecule has 0 aliphatic carbocycles. The van der Waals surface area contributed by atoms with Crippen LogP contribution in [0.1, 0.15) is 13.8 Å². The summed E-state index contributed by atoms with van der Waals surface area (Å²) in [4.78, 5) is 3.80. The van der Waals surface area contributed by atoms with E-state index >= 15 is 0 Å². The maximum absolute atomic E-state index is 8.06. The number of halogens is 1. The Morgan fingerprint density at radius 3 is 2.12 bits per heavy atom. The maximum Gasteiger partial charge on any atom is 0.228 e. The van der Waals surface area contributed by atoms with E-state index in [1.54, 1.807) is 0 Å². The average Bonchev–Trinajstić information content (AvgIpc) is 1.65. The van der Waals surface area contributed by atoms with Gasteiger partial charge in [0.15, 0.2) is 0 Å². The number of amidine groups is 1. The summed E-state index contributed by atoms with van der Waals surface area (Å²) in [7, 11) is 0. The van der Waals surface area contributed by atoms with Crippen LogP contribution in [0, 0.1) is 0 Å². The molecule has 0 aromatic heterocycles. The van der Waals surface area contributed by atoms with Crippen LogP contribution in [0.3, 0.4) is 0 Å². The number of hydrogen-bond acceptors (Lipinski definition) is 2. The zero-order valence-electron chi connectivity index (χ0n) is 4.72. The molecule has 0 fully saturated rings. The lowest BCUT2D eigenvalue weighted by Gasteiger charge is -1.84. The summed E-state index contributed by atoms with van der Waals surface area (Å²) in [5, 5.41) is 10.9. The molecule has 4 heteroatoms. The quantitative estimate of drug-likeness (QED) is 0.167. The molecule has 0 amide bonds. The standard InChI is InChI=1S/C4H7IN2O/c1-3(2)6-4(5)7-8/h8H,1-2H3/b7-4-. The van der Waals surface area contributed by atoms with Crippen LogP contribution >= 0.6 is 22.6 Å². The van der Waals surface area contributed by atoms with E-state index in [-0.39, 0.29) is 0 Å². The van der Waals surface area contributed by atoms with E-state index in [2.05, 4.69) is 10.1 Å².